The molecule has 2 aromatic heterocycles. The van der Waals surface area contributed by atoms with Gasteiger partial charge in [-0.3, -0.25) is 4.79 Å². The molecule has 3 heterocycles. The monoisotopic (exact) mass is 371 g/mol. The number of benzene rings is 2. The van der Waals surface area contributed by atoms with Gasteiger partial charge in [0, 0.05) is 37.5 Å². The van der Waals surface area contributed by atoms with Crippen molar-refractivity contribution in [2.24, 2.45) is 0 Å². The van der Waals surface area contributed by atoms with Crippen molar-refractivity contribution in [3.05, 3.63) is 89.6 Å². The first-order valence-electron chi connectivity index (χ1n) is 9.59. The second kappa shape index (κ2) is 6.68. The van der Waals surface area contributed by atoms with Crippen LogP contribution >= 0.6 is 0 Å². The molecule has 0 fully saturated rings. The van der Waals surface area contributed by atoms with E-state index in [0.29, 0.717) is 18.7 Å². The van der Waals surface area contributed by atoms with Gasteiger partial charge in [-0.25, -0.2) is 0 Å². The summed E-state index contributed by atoms with van der Waals surface area (Å²) in [6, 6.07) is 20.4. The number of carbonyl (C=O) groups is 1. The highest BCUT2D eigenvalue weighted by Gasteiger charge is 2.30. The average Bonchev–Trinajstić information content (AvgIpc) is 3.38. The molecule has 0 bridgehead atoms. The highest BCUT2D eigenvalue weighted by molar-refractivity contribution is 5.92. The van der Waals surface area contributed by atoms with E-state index in [-0.39, 0.29) is 11.9 Å². The summed E-state index contributed by atoms with van der Waals surface area (Å²) < 4.78 is 7.63. The van der Waals surface area contributed by atoms with Gasteiger partial charge in [-0.1, -0.05) is 47.6 Å². The maximum Gasteiger partial charge on any atom is 0.293 e. The molecule has 5 rings (SSSR count). The molecule has 5 heteroatoms. The van der Waals surface area contributed by atoms with Gasteiger partial charge in [0.2, 0.25) is 5.76 Å². The Bertz CT molecular complexity index is 1150. The van der Waals surface area contributed by atoms with Crippen LogP contribution in [0.1, 0.15) is 40.5 Å². The first-order valence-corrected chi connectivity index (χ1v) is 9.59. The van der Waals surface area contributed by atoms with E-state index in [1.54, 1.807) is 6.07 Å². The third-order valence-electron chi connectivity index (χ3n) is 5.62. The van der Waals surface area contributed by atoms with Crippen molar-refractivity contribution in [1.29, 1.82) is 0 Å². The number of fused-ring (bicyclic) bond motifs is 2. The lowest BCUT2D eigenvalue weighted by Crippen LogP contribution is -2.40. The van der Waals surface area contributed by atoms with Crippen molar-refractivity contribution < 1.29 is 9.32 Å². The van der Waals surface area contributed by atoms with E-state index >= 15 is 0 Å². The van der Waals surface area contributed by atoms with E-state index in [4.69, 9.17) is 4.52 Å². The minimum Gasteiger partial charge on any atom is -0.351 e. The van der Waals surface area contributed by atoms with Crippen molar-refractivity contribution in [2.75, 3.05) is 6.54 Å². The molecule has 0 saturated heterocycles. The van der Waals surface area contributed by atoms with Crippen molar-refractivity contribution >= 4 is 16.7 Å². The van der Waals surface area contributed by atoms with E-state index in [9.17, 15) is 4.79 Å². The zero-order valence-electron chi connectivity index (χ0n) is 15.7. The summed E-state index contributed by atoms with van der Waals surface area (Å²) >= 11 is 0. The zero-order chi connectivity index (χ0) is 19.1. The first kappa shape index (κ1) is 16.8. The van der Waals surface area contributed by atoms with Crippen LogP contribution in [0.4, 0.5) is 0 Å². The Morgan fingerprint density at radius 3 is 2.89 bits per heavy atom. The molecule has 1 atom stereocenters. The van der Waals surface area contributed by atoms with Crippen molar-refractivity contribution in [3.8, 4) is 0 Å². The minimum atomic E-state index is -0.100. The fourth-order valence-electron chi connectivity index (χ4n) is 4.14. The van der Waals surface area contributed by atoms with Gasteiger partial charge in [-0.15, -0.1) is 0 Å². The zero-order valence-corrected chi connectivity index (χ0v) is 15.7. The molecule has 2 aromatic carbocycles. The third kappa shape index (κ3) is 2.80. The van der Waals surface area contributed by atoms with Gasteiger partial charge in [0.15, 0.2) is 0 Å². The molecule has 140 valence electrons. The molecule has 1 aliphatic rings. The molecule has 0 radical (unpaired) electrons. The van der Waals surface area contributed by atoms with E-state index < -0.39 is 0 Å². The molecule has 1 unspecified atom stereocenters. The second-order valence-corrected chi connectivity index (χ2v) is 7.30. The Kier molecular flexibility index (Phi) is 4.01. The SMILES string of the molecule is CC1c2cccn2CCN1C(=O)c1cc(Cc2cccc3ccccc23)no1. The molecule has 0 N–H and O–H groups in total. The number of carbonyl (C=O) groups excluding carboxylic acids is 1. The van der Waals surface area contributed by atoms with Crippen LogP contribution in [0, 0.1) is 0 Å². The largest absolute Gasteiger partial charge is 0.351 e. The summed E-state index contributed by atoms with van der Waals surface area (Å²) in [5.41, 5.74) is 3.09. The van der Waals surface area contributed by atoms with Gasteiger partial charge in [0.25, 0.3) is 5.91 Å². The summed E-state index contributed by atoms with van der Waals surface area (Å²) in [5, 5.41) is 6.57. The number of aromatic nitrogens is 2. The van der Waals surface area contributed by atoms with Crippen LogP contribution in [0.2, 0.25) is 0 Å². The van der Waals surface area contributed by atoms with E-state index in [1.807, 2.05) is 29.2 Å². The number of rotatable bonds is 3. The van der Waals surface area contributed by atoms with E-state index in [2.05, 4.69) is 53.2 Å². The Morgan fingerprint density at radius 1 is 1.11 bits per heavy atom. The first-order chi connectivity index (χ1) is 13.7. The lowest BCUT2D eigenvalue weighted by Gasteiger charge is -2.34. The average molecular weight is 371 g/mol. The molecule has 1 amide bonds. The van der Waals surface area contributed by atoms with Crippen LogP contribution in [0.25, 0.3) is 10.8 Å². The Balaban J connectivity index is 1.38. The number of nitrogens with zero attached hydrogens (tertiary/aromatic N) is 3. The van der Waals surface area contributed by atoms with Crippen LogP contribution < -0.4 is 0 Å². The predicted octanol–water partition coefficient (Wildman–Crippen LogP) is 4.44. The quantitative estimate of drug-likeness (QED) is 0.535. The van der Waals surface area contributed by atoms with Crippen LogP contribution in [0.5, 0.6) is 0 Å². The molecule has 0 saturated carbocycles. The number of hydrogen-bond donors (Lipinski definition) is 0. The Morgan fingerprint density at radius 2 is 1.96 bits per heavy atom. The number of amides is 1. The normalized spacial score (nSPS) is 16.3. The van der Waals surface area contributed by atoms with Gasteiger partial charge < -0.3 is 14.0 Å². The summed E-state index contributed by atoms with van der Waals surface area (Å²) in [6.45, 7) is 3.52. The van der Waals surface area contributed by atoms with Gasteiger partial charge in [-0.05, 0) is 35.4 Å². The Hall–Kier alpha value is -3.34. The van der Waals surface area contributed by atoms with Gasteiger partial charge in [-0.2, -0.15) is 0 Å². The highest BCUT2D eigenvalue weighted by atomic mass is 16.5. The van der Waals surface area contributed by atoms with Crippen LogP contribution in [-0.2, 0) is 13.0 Å². The summed E-state index contributed by atoms with van der Waals surface area (Å²) in [7, 11) is 0. The van der Waals surface area contributed by atoms with Crippen molar-refractivity contribution in [3.63, 3.8) is 0 Å². The topological polar surface area (TPSA) is 51.3 Å². The standard InChI is InChI=1S/C23H21N3O2/c1-16-21-10-5-11-25(21)12-13-26(16)23(27)22-15-19(24-28-22)14-18-8-4-7-17-6-2-3-9-20(17)18/h2-11,15-16H,12-14H2,1H3. The van der Waals surface area contributed by atoms with Crippen molar-refractivity contribution in [1.82, 2.24) is 14.6 Å². The number of hydrogen-bond acceptors (Lipinski definition) is 3. The fraction of sp³-hybridized carbons (Fsp3) is 0.217. The molecule has 0 spiro atoms. The Labute approximate surface area is 163 Å². The lowest BCUT2D eigenvalue weighted by atomic mass is 10.0. The summed E-state index contributed by atoms with van der Waals surface area (Å²) in [6.07, 6.45) is 2.70. The lowest BCUT2D eigenvalue weighted by molar-refractivity contribution is 0.0601. The van der Waals surface area contributed by atoms with Gasteiger partial charge >= 0.3 is 0 Å². The molecule has 4 aromatic rings. The highest BCUT2D eigenvalue weighted by Crippen LogP contribution is 2.27. The maximum absolute atomic E-state index is 13.0. The van der Waals surface area contributed by atoms with Crippen LogP contribution in [0.3, 0.4) is 0 Å². The van der Waals surface area contributed by atoms with Gasteiger partial charge in [0.1, 0.15) is 0 Å². The van der Waals surface area contributed by atoms with Crippen LogP contribution in [0.15, 0.2) is 71.4 Å². The molecule has 0 aliphatic carbocycles. The molecular formula is C23H21N3O2. The fourth-order valence-corrected chi connectivity index (χ4v) is 4.14. The molecule has 28 heavy (non-hydrogen) atoms. The second-order valence-electron chi connectivity index (χ2n) is 7.30. The summed E-state index contributed by atoms with van der Waals surface area (Å²) in [4.78, 5) is 14.9. The van der Waals surface area contributed by atoms with Crippen LogP contribution in [-0.4, -0.2) is 27.1 Å². The van der Waals surface area contributed by atoms with Gasteiger partial charge in [0.05, 0.1) is 11.7 Å². The third-order valence-corrected chi connectivity index (χ3v) is 5.62. The van der Waals surface area contributed by atoms with E-state index in [0.717, 1.165) is 17.9 Å². The molecule has 1 aliphatic heterocycles. The molecular weight excluding hydrogens is 350 g/mol. The smallest absolute Gasteiger partial charge is 0.293 e. The van der Waals surface area contributed by atoms with Crippen molar-refractivity contribution in [2.45, 2.75) is 25.9 Å². The molecule has 5 nitrogen and oxygen atoms in total. The predicted molar refractivity (Wildman–Crippen MR) is 107 cm³/mol. The van der Waals surface area contributed by atoms with E-state index in [1.165, 1.54) is 16.3 Å². The minimum absolute atomic E-state index is 0.0165. The maximum atomic E-state index is 13.0. The summed E-state index contributed by atoms with van der Waals surface area (Å²) in [5.74, 6) is 0.207.